The van der Waals surface area contributed by atoms with Gasteiger partial charge >= 0.3 is 11.9 Å². The van der Waals surface area contributed by atoms with Gasteiger partial charge in [-0.15, -0.1) is 0 Å². The second kappa shape index (κ2) is 8.90. The van der Waals surface area contributed by atoms with Crippen LogP contribution in [-0.4, -0.2) is 24.6 Å². The first kappa shape index (κ1) is 21.2. The molecule has 0 aliphatic rings. The number of benzene rings is 3. The first-order valence-corrected chi connectivity index (χ1v) is 9.43. The Morgan fingerprint density at radius 1 is 0.733 bits per heavy atom. The van der Waals surface area contributed by atoms with E-state index in [0.717, 1.165) is 12.7 Å². The summed E-state index contributed by atoms with van der Waals surface area (Å²) in [5.41, 5.74) is 11.0. The van der Waals surface area contributed by atoms with Gasteiger partial charge in [0.05, 0.1) is 7.11 Å². The summed E-state index contributed by atoms with van der Waals surface area (Å²) in [6.07, 6.45) is 0. The Labute approximate surface area is 175 Å². The van der Waals surface area contributed by atoms with Gasteiger partial charge in [-0.2, -0.15) is 0 Å². The lowest BCUT2D eigenvalue weighted by molar-refractivity contribution is -0.167. The minimum absolute atomic E-state index is 0.0602. The van der Waals surface area contributed by atoms with Gasteiger partial charge in [-0.05, 0) is 16.7 Å². The van der Waals surface area contributed by atoms with Gasteiger partial charge in [0, 0.05) is 0 Å². The highest BCUT2D eigenvalue weighted by Crippen LogP contribution is 2.37. The Morgan fingerprint density at radius 2 is 1.17 bits per heavy atom. The van der Waals surface area contributed by atoms with Crippen LogP contribution in [0.3, 0.4) is 0 Å². The molecule has 0 aliphatic heterocycles. The maximum atomic E-state index is 13.3. The van der Waals surface area contributed by atoms with Crippen LogP contribution in [0.2, 0.25) is 0 Å². The lowest BCUT2D eigenvalue weighted by atomic mass is 9.68. The van der Waals surface area contributed by atoms with E-state index in [0.29, 0.717) is 11.1 Å². The molecule has 0 amide bonds. The van der Waals surface area contributed by atoms with Gasteiger partial charge < -0.3 is 20.9 Å². The SMILES string of the molecule is COC(=O)C(N)(C(=O)OCc1ccccc1)C(N)(c1ccccc1)c1ccccc1. The van der Waals surface area contributed by atoms with Crippen molar-refractivity contribution in [1.29, 1.82) is 0 Å². The smallest absolute Gasteiger partial charge is 0.340 e. The van der Waals surface area contributed by atoms with Crippen molar-refractivity contribution in [3.8, 4) is 0 Å². The molecule has 0 heterocycles. The van der Waals surface area contributed by atoms with Gasteiger partial charge in [0.2, 0.25) is 5.54 Å². The Hall–Kier alpha value is -3.48. The van der Waals surface area contributed by atoms with Crippen molar-refractivity contribution < 1.29 is 19.1 Å². The van der Waals surface area contributed by atoms with Crippen LogP contribution in [0, 0.1) is 0 Å². The Morgan fingerprint density at radius 3 is 1.60 bits per heavy atom. The highest BCUT2D eigenvalue weighted by atomic mass is 16.6. The second-order valence-corrected chi connectivity index (χ2v) is 6.90. The first-order chi connectivity index (χ1) is 14.4. The van der Waals surface area contributed by atoms with Crippen LogP contribution in [0.4, 0.5) is 0 Å². The van der Waals surface area contributed by atoms with Crippen LogP contribution in [0.15, 0.2) is 91.0 Å². The lowest BCUT2D eigenvalue weighted by Gasteiger charge is -2.42. The third kappa shape index (κ3) is 3.70. The Bertz CT molecular complexity index is 954. The van der Waals surface area contributed by atoms with E-state index in [9.17, 15) is 9.59 Å². The van der Waals surface area contributed by atoms with Crippen molar-refractivity contribution >= 4 is 11.9 Å². The van der Waals surface area contributed by atoms with Crippen molar-refractivity contribution in [3.05, 3.63) is 108 Å². The predicted octanol–water partition coefficient (Wildman–Crippen LogP) is 2.50. The fraction of sp³-hybridized carbons (Fsp3) is 0.167. The van der Waals surface area contributed by atoms with Crippen molar-refractivity contribution in [1.82, 2.24) is 0 Å². The van der Waals surface area contributed by atoms with Crippen LogP contribution in [-0.2, 0) is 31.2 Å². The minimum atomic E-state index is -2.33. The maximum Gasteiger partial charge on any atom is 0.340 e. The third-order valence-corrected chi connectivity index (χ3v) is 5.12. The molecule has 1 unspecified atom stereocenters. The summed E-state index contributed by atoms with van der Waals surface area (Å²) in [7, 11) is 1.16. The minimum Gasteiger partial charge on any atom is -0.467 e. The monoisotopic (exact) mass is 404 g/mol. The number of esters is 2. The number of hydrogen-bond acceptors (Lipinski definition) is 6. The Kier molecular flexibility index (Phi) is 6.30. The van der Waals surface area contributed by atoms with Crippen molar-refractivity contribution in [3.63, 3.8) is 0 Å². The summed E-state index contributed by atoms with van der Waals surface area (Å²) < 4.78 is 10.4. The van der Waals surface area contributed by atoms with Crippen LogP contribution >= 0.6 is 0 Å². The van der Waals surface area contributed by atoms with Gasteiger partial charge in [0.1, 0.15) is 12.1 Å². The summed E-state index contributed by atoms with van der Waals surface area (Å²) in [5.74, 6) is -1.97. The van der Waals surface area contributed by atoms with E-state index in [1.807, 2.05) is 18.2 Å². The van der Waals surface area contributed by atoms with E-state index in [2.05, 4.69) is 0 Å². The fourth-order valence-corrected chi connectivity index (χ4v) is 3.43. The molecular weight excluding hydrogens is 380 g/mol. The topological polar surface area (TPSA) is 105 Å². The average Bonchev–Trinajstić information content (AvgIpc) is 2.82. The zero-order chi connectivity index (χ0) is 21.6. The molecule has 3 aromatic carbocycles. The molecule has 3 rings (SSSR count). The highest BCUT2D eigenvalue weighted by Gasteiger charge is 2.61. The largest absolute Gasteiger partial charge is 0.467 e. The van der Waals surface area contributed by atoms with E-state index in [-0.39, 0.29) is 6.61 Å². The van der Waals surface area contributed by atoms with Crippen molar-refractivity contribution in [2.75, 3.05) is 7.11 Å². The summed E-state index contributed by atoms with van der Waals surface area (Å²) in [4.78, 5) is 26.3. The molecule has 0 spiro atoms. The molecule has 0 radical (unpaired) electrons. The molecule has 0 saturated carbocycles. The number of methoxy groups -OCH3 is 1. The van der Waals surface area contributed by atoms with Gasteiger partial charge in [-0.25, -0.2) is 9.59 Å². The molecule has 6 heteroatoms. The van der Waals surface area contributed by atoms with Gasteiger partial charge in [-0.3, -0.25) is 0 Å². The Balaban J connectivity index is 2.12. The van der Waals surface area contributed by atoms with E-state index in [1.54, 1.807) is 72.8 Å². The highest BCUT2D eigenvalue weighted by molar-refractivity contribution is 6.07. The van der Waals surface area contributed by atoms with Gasteiger partial charge in [0.15, 0.2) is 0 Å². The fourth-order valence-electron chi connectivity index (χ4n) is 3.43. The average molecular weight is 404 g/mol. The molecule has 0 saturated heterocycles. The van der Waals surface area contributed by atoms with Gasteiger partial charge in [0.25, 0.3) is 0 Å². The van der Waals surface area contributed by atoms with E-state index in [1.165, 1.54) is 0 Å². The number of hydrogen-bond donors (Lipinski definition) is 2. The van der Waals surface area contributed by atoms with Gasteiger partial charge in [-0.1, -0.05) is 91.0 Å². The van der Waals surface area contributed by atoms with E-state index >= 15 is 0 Å². The van der Waals surface area contributed by atoms with Crippen LogP contribution < -0.4 is 11.5 Å². The molecule has 0 aliphatic carbocycles. The first-order valence-electron chi connectivity index (χ1n) is 9.43. The molecule has 154 valence electrons. The van der Waals surface area contributed by atoms with Crippen LogP contribution in [0.5, 0.6) is 0 Å². The lowest BCUT2D eigenvalue weighted by Crippen LogP contribution is -2.73. The predicted molar refractivity (Wildman–Crippen MR) is 113 cm³/mol. The molecule has 30 heavy (non-hydrogen) atoms. The molecule has 1 atom stereocenters. The summed E-state index contributed by atoms with van der Waals surface area (Å²) in [6, 6.07) is 26.6. The number of ether oxygens (including phenoxy) is 2. The number of carbonyl (C=O) groups excluding carboxylic acids is 2. The quantitative estimate of drug-likeness (QED) is 0.463. The van der Waals surface area contributed by atoms with E-state index in [4.69, 9.17) is 20.9 Å². The second-order valence-electron chi connectivity index (χ2n) is 6.90. The molecule has 0 bridgehead atoms. The maximum absolute atomic E-state index is 13.3. The summed E-state index contributed by atoms with van der Waals surface area (Å²) >= 11 is 0. The van der Waals surface area contributed by atoms with E-state index < -0.39 is 23.0 Å². The molecule has 6 nitrogen and oxygen atoms in total. The third-order valence-electron chi connectivity index (χ3n) is 5.12. The summed E-state index contributed by atoms with van der Waals surface area (Å²) in [6.45, 7) is -0.0602. The number of nitrogens with two attached hydrogens (primary N) is 2. The summed E-state index contributed by atoms with van der Waals surface area (Å²) in [5, 5.41) is 0. The molecular formula is C24H24N2O4. The normalized spacial score (nSPS) is 13.2. The van der Waals surface area contributed by atoms with Crippen molar-refractivity contribution in [2.24, 2.45) is 11.5 Å². The molecule has 0 aromatic heterocycles. The molecule has 4 N–H and O–H groups in total. The molecule has 3 aromatic rings. The number of rotatable bonds is 7. The zero-order valence-corrected chi connectivity index (χ0v) is 16.7. The standard InChI is InChI=1S/C24H24N2O4/c1-29-21(27)24(26,22(28)30-17-18-11-5-2-6-12-18)23(25,19-13-7-3-8-14-19)20-15-9-4-10-16-20/h2-16H,17,25-26H2,1H3. The number of carbonyl (C=O) groups is 2. The van der Waals surface area contributed by atoms with Crippen LogP contribution in [0.1, 0.15) is 16.7 Å². The zero-order valence-electron chi connectivity index (χ0n) is 16.7. The van der Waals surface area contributed by atoms with Crippen LogP contribution in [0.25, 0.3) is 0 Å². The molecule has 0 fully saturated rings. The van der Waals surface area contributed by atoms with Crippen molar-refractivity contribution in [2.45, 2.75) is 17.7 Å².